The van der Waals surface area contributed by atoms with Gasteiger partial charge in [-0.15, -0.1) is 12.4 Å². The summed E-state index contributed by atoms with van der Waals surface area (Å²) in [5, 5.41) is 0. The van der Waals surface area contributed by atoms with E-state index in [4.69, 9.17) is 5.73 Å². The van der Waals surface area contributed by atoms with E-state index in [2.05, 4.69) is 0 Å². The molecule has 0 aliphatic rings. The summed E-state index contributed by atoms with van der Waals surface area (Å²) in [5.74, 6) is -1.08. The highest BCUT2D eigenvalue weighted by Gasteiger charge is 2.31. The highest BCUT2D eigenvalue weighted by atomic mass is 35.5. The minimum Gasteiger partial charge on any atom is -0.322 e. The molecular formula is C9H9ClF5N. The molecule has 0 aliphatic carbocycles. The molecule has 7 heteroatoms. The maximum Gasteiger partial charge on any atom is 0.416 e. The molecule has 0 radical (unpaired) electrons. The van der Waals surface area contributed by atoms with Crippen LogP contribution in [-0.2, 0) is 6.18 Å². The number of hydrogen-bond acceptors (Lipinski definition) is 1. The first-order valence-electron chi connectivity index (χ1n) is 4.04. The number of nitrogens with two attached hydrogens (primary N) is 1. The lowest BCUT2D eigenvalue weighted by Gasteiger charge is -2.12. The van der Waals surface area contributed by atoms with Gasteiger partial charge in [0, 0.05) is 0 Å². The molecular weight excluding hydrogens is 253 g/mol. The topological polar surface area (TPSA) is 26.0 Å². The third-order valence-corrected chi connectivity index (χ3v) is 1.84. The van der Waals surface area contributed by atoms with E-state index in [0.29, 0.717) is 12.1 Å². The molecule has 0 fully saturated rings. The van der Waals surface area contributed by atoms with Crippen molar-refractivity contribution < 1.29 is 22.0 Å². The average molecular weight is 262 g/mol. The van der Waals surface area contributed by atoms with Gasteiger partial charge in [0.2, 0.25) is 0 Å². The summed E-state index contributed by atoms with van der Waals surface area (Å²) in [7, 11) is 0. The van der Waals surface area contributed by atoms with Gasteiger partial charge in [-0.2, -0.15) is 13.2 Å². The van der Waals surface area contributed by atoms with Crippen molar-refractivity contribution in [3.05, 3.63) is 35.1 Å². The fourth-order valence-corrected chi connectivity index (χ4v) is 1.08. The normalized spacial score (nSPS) is 13.1. The molecule has 0 saturated carbocycles. The molecule has 2 N–H and O–H groups in total. The Bertz CT molecular complexity index is 352. The Kier molecular flexibility index (Phi) is 5.15. The number of halogens is 6. The van der Waals surface area contributed by atoms with E-state index in [1.807, 2.05) is 0 Å². The standard InChI is InChI=1S/C9H8F5N.ClH/c10-4-8(15)5-1-6(9(12,13)14)3-7(11)2-5;/h1-3,8H,4,15H2;1H/t8-;/m1./s1. The van der Waals surface area contributed by atoms with Crippen molar-refractivity contribution in [3.63, 3.8) is 0 Å². The molecule has 16 heavy (non-hydrogen) atoms. The fraction of sp³-hybridized carbons (Fsp3) is 0.333. The van der Waals surface area contributed by atoms with Gasteiger partial charge in [-0.25, -0.2) is 8.78 Å². The maximum absolute atomic E-state index is 12.8. The summed E-state index contributed by atoms with van der Waals surface area (Å²) >= 11 is 0. The van der Waals surface area contributed by atoms with Crippen molar-refractivity contribution in [1.82, 2.24) is 0 Å². The molecule has 0 aromatic heterocycles. The molecule has 1 rings (SSSR count). The van der Waals surface area contributed by atoms with Gasteiger partial charge in [0.1, 0.15) is 12.5 Å². The number of hydrogen-bond donors (Lipinski definition) is 1. The molecule has 0 amide bonds. The van der Waals surface area contributed by atoms with E-state index in [-0.39, 0.29) is 18.0 Å². The summed E-state index contributed by atoms with van der Waals surface area (Å²) in [6.07, 6.45) is -4.66. The quantitative estimate of drug-likeness (QED) is 0.813. The van der Waals surface area contributed by atoms with Crippen molar-refractivity contribution in [1.29, 1.82) is 0 Å². The third-order valence-electron chi connectivity index (χ3n) is 1.84. The van der Waals surface area contributed by atoms with Crippen LogP contribution in [0.2, 0.25) is 0 Å². The Labute approximate surface area is 94.8 Å². The second kappa shape index (κ2) is 5.45. The van der Waals surface area contributed by atoms with Gasteiger partial charge >= 0.3 is 6.18 Å². The van der Waals surface area contributed by atoms with Crippen LogP contribution >= 0.6 is 12.4 Å². The van der Waals surface area contributed by atoms with Gasteiger partial charge in [0.15, 0.2) is 0 Å². The monoisotopic (exact) mass is 261 g/mol. The van der Waals surface area contributed by atoms with Crippen molar-refractivity contribution in [2.24, 2.45) is 5.73 Å². The Morgan fingerprint density at radius 3 is 2.19 bits per heavy atom. The summed E-state index contributed by atoms with van der Waals surface area (Å²) in [6, 6.07) is 0.545. The number of alkyl halides is 4. The van der Waals surface area contributed by atoms with Crippen LogP contribution in [0.15, 0.2) is 18.2 Å². The Morgan fingerprint density at radius 2 is 1.75 bits per heavy atom. The Hall–Kier alpha value is -0.880. The molecule has 1 aromatic rings. The van der Waals surface area contributed by atoms with Crippen LogP contribution in [0.3, 0.4) is 0 Å². The van der Waals surface area contributed by atoms with Crippen molar-refractivity contribution in [2.75, 3.05) is 6.67 Å². The largest absolute Gasteiger partial charge is 0.416 e. The molecule has 0 saturated heterocycles. The lowest BCUT2D eigenvalue weighted by atomic mass is 10.0. The summed E-state index contributed by atoms with van der Waals surface area (Å²) in [4.78, 5) is 0. The molecule has 0 bridgehead atoms. The SMILES string of the molecule is Cl.N[C@H](CF)c1cc(F)cc(C(F)(F)F)c1. The molecule has 0 unspecified atom stereocenters. The van der Waals surface area contributed by atoms with E-state index in [1.165, 1.54) is 0 Å². The van der Waals surface area contributed by atoms with Crippen molar-refractivity contribution in [2.45, 2.75) is 12.2 Å². The van der Waals surface area contributed by atoms with Crippen LogP contribution in [-0.4, -0.2) is 6.67 Å². The van der Waals surface area contributed by atoms with E-state index < -0.39 is 30.3 Å². The average Bonchev–Trinajstić information content (AvgIpc) is 2.14. The first-order chi connectivity index (χ1) is 6.84. The molecule has 0 aliphatic heterocycles. The second-order valence-electron chi connectivity index (χ2n) is 3.03. The zero-order chi connectivity index (χ0) is 11.6. The lowest BCUT2D eigenvalue weighted by molar-refractivity contribution is -0.137. The summed E-state index contributed by atoms with van der Waals surface area (Å²) < 4.78 is 61.5. The highest BCUT2D eigenvalue weighted by molar-refractivity contribution is 5.85. The predicted molar refractivity (Wildman–Crippen MR) is 51.6 cm³/mol. The van der Waals surface area contributed by atoms with Gasteiger partial charge in [0.25, 0.3) is 0 Å². The van der Waals surface area contributed by atoms with Gasteiger partial charge in [-0.3, -0.25) is 0 Å². The smallest absolute Gasteiger partial charge is 0.322 e. The van der Waals surface area contributed by atoms with Crippen molar-refractivity contribution >= 4 is 12.4 Å². The van der Waals surface area contributed by atoms with E-state index in [9.17, 15) is 22.0 Å². The maximum atomic E-state index is 12.8. The second-order valence-corrected chi connectivity index (χ2v) is 3.03. The van der Waals surface area contributed by atoms with Crippen LogP contribution in [0, 0.1) is 5.82 Å². The molecule has 0 spiro atoms. The van der Waals surface area contributed by atoms with E-state index >= 15 is 0 Å². The molecule has 92 valence electrons. The fourth-order valence-electron chi connectivity index (χ4n) is 1.08. The van der Waals surface area contributed by atoms with Crippen LogP contribution in [0.4, 0.5) is 22.0 Å². The molecule has 1 aromatic carbocycles. The summed E-state index contributed by atoms with van der Waals surface area (Å²) in [5.41, 5.74) is 3.80. The highest BCUT2D eigenvalue weighted by Crippen LogP contribution is 2.31. The van der Waals surface area contributed by atoms with Crippen LogP contribution in [0.5, 0.6) is 0 Å². The molecule has 1 atom stereocenters. The first-order valence-corrected chi connectivity index (χ1v) is 4.04. The van der Waals surface area contributed by atoms with Crippen molar-refractivity contribution in [3.8, 4) is 0 Å². The third kappa shape index (κ3) is 3.61. The van der Waals surface area contributed by atoms with Gasteiger partial charge in [0.05, 0.1) is 11.6 Å². The van der Waals surface area contributed by atoms with Crippen LogP contribution in [0.25, 0.3) is 0 Å². The van der Waals surface area contributed by atoms with Gasteiger partial charge in [-0.05, 0) is 23.8 Å². The number of rotatable bonds is 2. The van der Waals surface area contributed by atoms with Crippen LogP contribution < -0.4 is 5.73 Å². The molecule has 1 nitrogen and oxygen atoms in total. The lowest BCUT2D eigenvalue weighted by Crippen LogP contribution is -2.14. The Morgan fingerprint density at radius 1 is 1.19 bits per heavy atom. The minimum atomic E-state index is -4.66. The zero-order valence-electron chi connectivity index (χ0n) is 7.89. The summed E-state index contributed by atoms with van der Waals surface area (Å²) in [6.45, 7) is -1.04. The zero-order valence-corrected chi connectivity index (χ0v) is 8.71. The number of benzene rings is 1. The van der Waals surface area contributed by atoms with Crippen LogP contribution in [0.1, 0.15) is 17.2 Å². The predicted octanol–water partition coefficient (Wildman–Crippen LogP) is 3.24. The minimum absolute atomic E-state index is 0. The first kappa shape index (κ1) is 15.1. The molecule has 0 heterocycles. The van der Waals surface area contributed by atoms with E-state index in [1.54, 1.807) is 0 Å². The van der Waals surface area contributed by atoms with Gasteiger partial charge in [-0.1, -0.05) is 0 Å². The van der Waals surface area contributed by atoms with Gasteiger partial charge < -0.3 is 5.73 Å². The Balaban J connectivity index is 0.00000225. The van der Waals surface area contributed by atoms with E-state index in [0.717, 1.165) is 6.07 Å².